The summed E-state index contributed by atoms with van der Waals surface area (Å²) in [7, 11) is 0. The van der Waals surface area contributed by atoms with E-state index in [4.69, 9.17) is 0 Å². The highest BCUT2D eigenvalue weighted by atomic mass is 15.4. The van der Waals surface area contributed by atoms with Crippen LogP contribution in [-0.2, 0) is 25.9 Å². The molecule has 0 aromatic carbocycles. The Bertz CT molecular complexity index is 754. The molecule has 1 aliphatic rings. The maximum Gasteiger partial charge on any atom is 0.150 e. The van der Waals surface area contributed by atoms with Crippen LogP contribution in [-0.4, -0.2) is 30.2 Å². The molecule has 1 atom stereocenters. The molecule has 0 bridgehead atoms. The number of hydrogen-bond acceptors (Lipinski definition) is 4. The van der Waals surface area contributed by atoms with Gasteiger partial charge >= 0.3 is 0 Å². The van der Waals surface area contributed by atoms with Crippen LogP contribution in [0.5, 0.6) is 0 Å². The highest BCUT2D eigenvalue weighted by Crippen LogP contribution is 2.14. The fourth-order valence-electron chi connectivity index (χ4n) is 3.00. The maximum atomic E-state index is 4.62. The average Bonchev–Trinajstić information content (AvgIpc) is 3.15. The molecule has 6 heteroatoms. The molecule has 3 aromatic rings. The molecule has 6 nitrogen and oxygen atoms in total. The maximum absolute atomic E-state index is 4.62. The Labute approximate surface area is 129 Å². The molecule has 0 saturated carbocycles. The number of aryl methyl sites for hydroxylation is 2. The van der Waals surface area contributed by atoms with Gasteiger partial charge in [0.1, 0.15) is 11.5 Å². The molecule has 3 aromatic heterocycles. The summed E-state index contributed by atoms with van der Waals surface area (Å²) in [6.07, 6.45) is 7.12. The van der Waals surface area contributed by atoms with Gasteiger partial charge in [0.25, 0.3) is 0 Å². The first-order chi connectivity index (χ1) is 10.8. The standard InChI is InChI=1S/C16H20N6/c1-2-14-19-16-7-6-12(11-22(16)20-14)17-9-13-10-21-8-4-3-5-15(21)18-13/h3-5,8,10,12,17H,2,6-7,9,11H2,1H3. The molecule has 0 spiro atoms. The molecular formula is C16H20N6. The van der Waals surface area contributed by atoms with E-state index in [1.807, 2.05) is 24.4 Å². The van der Waals surface area contributed by atoms with Gasteiger partial charge in [-0.2, -0.15) is 5.10 Å². The van der Waals surface area contributed by atoms with Gasteiger partial charge in [0.2, 0.25) is 0 Å². The summed E-state index contributed by atoms with van der Waals surface area (Å²) in [6, 6.07) is 6.49. The minimum absolute atomic E-state index is 0.434. The molecule has 4 heterocycles. The number of nitrogens with zero attached hydrogens (tertiary/aromatic N) is 5. The van der Waals surface area contributed by atoms with Gasteiger partial charge in [0, 0.05) is 37.8 Å². The highest BCUT2D eigenvalue weighted by molar-refractivity contribution is 5.39. The molecule has 114 valence electrons. The Hall–Kier alpha value is -2.21. The molecule has 0 fully saturated rings. The Morgan fingerprint density at radius 1 is 1.32 bits per heavy atom. The molecule has 4 rings (SSSR count). The first-order valence-electron chi connectivity index (χ1n) is 7.90. The van der Waals surface area contributed by atoms with Gasteiger partial charge in [-0.25, -0.2) is 14.6 Å². The molecule has 1 unspecified atom stereocenters. The van der Waals surface area contributed by atoms with E-state index in [9.17, 15) is 0 Å². The van der Waals surface area contributed by atoms with E-state index in [1.165, 1.54) is 0 Å². The second-order valence-electron chi connectivity index (χ2n) is 5.79. The number of rotatable bonds is 4. The van der Waals surface area contributed by atoms with E-state index in [2.05, 4.69) is 42.6 Å². The largest absolute Gasteiger partial charge is 0.307 e. The third kappa shape index (κ3) is 2.50. The van der Waals surface area contributed by atoms with Gasteiger partial charge in [-0.1, -0.05) is 13.0 Å². The van der Waals surface area contributed by atoms with E-state index in [0.29, 0.717) is 6.04 Å². The number of pyridine rings is 1. The van der Waals surface area contributed by atoms with Crippen molar-refractivity contribution in [2.24, 2.45) is 0 Å². The number of aromatic nitrogens is 5. The van der Waals surface area contributed by atoms with Crippen molar-refractivity contribution in [1.82, 2.24) is 29.5 Å². The van der Waals surface area contributed by atoms with E-state index >= 15 is 0 Å². The Morgan fingerprint density at radius 3 is 3.14 bits per heavy atom. The van der Waals surface area contributed by atoms with Crippen LogP contribution in [0.2, 0.25) is 0 Å². The lowest BCUT2D eigenvalue weighted by Gasteiger charge is -2.23. The van der Waals surface area contributed by atoms with Gasteiger partial charge in [0.15, 0.2) is 5.82 Å². The summed E-state index contributed by atoms with van der Waals surface area (Å²) in [4.78, 5) is 9.18. The summed E-state index contributed by atoms with van der Waals surface area (Å²) in [6.45, 7) is 3.78. The summed E-state index contributed by atoms with van der Waals surface area (Å²) in [5.74, 6) is 2.08. The van der Waals surface area contributed by atoms with Crippen LogP contribution in [0.25, 0.3) is 5.65 Å². The van der Waals surface area contributed by atoms with Crippen LogP contribution in [0.3, 0.4) is 0 Å². The van der Waals surface area contributed by atoms with Crippen molar-refractivity contribution in [3.05, 3.63) is 47.9 Å². The zero-order chi connectivity index (χ0) is 14.9. The summed E-state index contributed by atoms with van der Waals surface area (Å²) < 4.78 is 4.12. The van der Waals surface area contributed by atoms with Crippen molar-refractivity contribution in [3.8, 4) is 0 Å². The first-order valence-corrected chi connectivity index (χ1v) is 7.90. The smallest absolute Gasteiger partial charge is 0.150 e. The molecular weight excluding hydrogens is 276 g/mol. The molecule has 0 aliphatic carbocycles. The van der Waals surface area contributed by atoms with Crippen molar-refractivity contribution in [2.45, 2.75) is 45.3 Å². The number of nitrogens with one attached hydrogen (secondary N) is 1. The van der Waals surface area contributed by atoms with Crippen LogP contribution in [0.4, 0.5) is 0 Å². The van der Waals surface area contributed by atoms with E-state index in [-0.39, 0.29) is 0 Å². The predicted octanol–water partition coefficient (Wildman–Crippen LogP) is 1.59. The third-order valence-electron chi connectivity index (χ3n) is 4.20. The van der Waals surface area contributed by atoms with Crippen LogP contribution in [0.1, 0.15) is 30.7 Å². The summed E-state index contributed by atoms with van der Waals surface area (Å²) in [5, 5.41) is 8.16. The minimum Gasteiger partial charge on any atom is -0.307 e. The zero-order valence-electron chi connectivity index (χ0n) is 12.7. The van der Waals surface area contributed by atoms with E-state index < -0.39 is 0 Å². The average molecular weight is 296 g/mol. The SMILES string of the molecule is CCc1nc2n(n1)CC(NCc1cn3ccccc3n1)CC2. The number of hydrogen-bond donors (Lipinski definition) is 1. The van der Waals surface area contributed by atoms with Crippen molar-refractivity contribution < 1.29 is 0 Å². The topological polar surface area (TPSA) is 60.0 Å². The molecule has 1 aliphatic heterocycles. The van der Waals surface area contributed by atoms with E-state index in [1.54, 1.807) is 0 Å². The van der Waals surface area contributed by atoms with Gasteiger partial charge in [-0.15, -0.1) is 0 Å². The lowest BCUT2D eigenvalue weighted by molar-refractivity contribution is 0.356. The number of imidazole rings is 1. The van der Waals surface area contributed by atoms with Gasteiger partial charge in [0.05, 0.1) is 12.2 Å². The number of fused-ring (bicyclic) bond motifs is 2. The lowest BCUT2D eigenvalue weighted by atomic mass is 10.1. The van der Waals surface area contributed by atoms with Crippen LogP contribution in [0, 0.1) is 0 Å². The second kappa shape index (κ2) is 5.53. The monoisotopic (exact) mass is 296 g/mol. The lowest BCUT2D eigenvalue weighted by Crippen LogP contribution is -2.37. The molecule has 0 saturated heterocycles. The van der Waals surface area contributed by atoms with Gasteiger partial charge < -0.3 is 9.72 Å². The van der Waals surface area contributed by atoms with Crippen molar-refractivity contribution in [3.63, 3.8) is 0 Å². The third-order valence-corrected chi connectivity index (χ3v) is 4.20. The zero-order valence-corrected chi connectivity index (χ0v) is 12.7. The van der Waals surface area contributed by atoms with Crippen LogP contribution in [0.15, 0.2) is 30.6 Å². The fourth-order valence-corrected chi connectivity index (χ4v) is 3.00. The molecule has 22 heavy (non-hydrogen) atoms. The Kier molecular flexibility index (Phi) is 3.38. The fraction of sp³-hybridized carbons (Fsp3) is 0.438. The minimum atomic E-state index is 0.434. The van der Waals surface area contributed by atoms with Crippen LogP contribution < -0.4 is 5.32 Å². The van der Waals surface area contributed by atoms with Crippen molar-refractivity contribution >= 4 is 5.65 Å². The van der Waals surface area contributed by atoms with E-state index in [0.717, 1.165) is 55.3 Å². The summed E-state index contributed by atoms with van der Waals surface area (Å²) in [5.41, 5.74) is 2.07. The Morgan fingerprint density at radius 2 is 2.27 bits per heavy atom. The van der Waals surface area contributed by atoms with Gasteiger partial charge in [-0.05, 0) is 18.6 Å². The van der Waals surface area contributed by atoms with Crippen molar-refractivity contribution in [1.29, 1.82) is 0 Å². The van der Waals surface area contributed by atoms with Gasteiger partial charge in [-0.3, -0.25) is 0 Å². The van der Waals surface area contributed by atoms with Crippen molar-refractivity contribution in [2.75, 3.05) is 0 Å². The molecule has 0 amide bonds. The molecule has 0 radical (unpaired) electrons. The normalized spacial score (nSPS) is 17.8. The Balaban J connectivity index is 1.42. The quantitative estimate of drug-likeness (QED) is 0.794. The highest BCUT2D eigenvalue weighted by Gasteiger charge is 2.21. The predicted molar refractivity (Wildman–Crippen MR) is 83.5 cm³/mol. The summed E-state index contributed by atoms with van der Waals surface area (Å²) >= 11 is 0. The second-order valence-corrected chi connectivity index (χ2v) is 5.79. The molecule has 1 N–H and O–H groups in total. The van der Waals surface area contributed by atoms with Crippen LogP contribution >= 0.6 is 0 Å². The first kappa shape index (κ1) is 13.5.